The van der Waals surface area contributed by atoms with Crippen molar-refractivity contribution >= 4 is 39.4 Å². The second-order valence-electron chi connectivity index (χ2n) is 15.7. The molecule has 258 valence electrons. The number of ketones is 1. The highest BCUT2D eigenvalue weighted by atomic mass is 32.2. The molecule has 12 nitrogen and oxygen atoms in total. The van der Waals surface area contributed by atoms with Gasteiger partial charge in [-0.25, -0.2) is 13.2 Å². The Morgan fingerprint density at radius 3 is 2.20 bits per heavy atom. The Bertz CT molecular complexity index is 1400. The number of sulfone groups is 1. The van der Waals surface area contributed by atoms with E-state index in [4.69, 9.17) is 0 Å². The Morgan fingerprint density at radius 2 is 1.67 bits per heavy atom. The van der Waals surface area contributed by atoms with Gasteiger partial charge in [0, 0.05) is 30.2 Å². The highest BCUT2D eigenvalue weighted by molar-refractivity contribution is 7.90. The SMILES string of the molecule is C=CCNC(=O)C(=O)C(CCC)NC(=O)C1N(C(=O)[C@@H](NC(=O)NC2(CS(C)(=O)=O)CCCCC2)C(C)(C)C)C[C@@]23C[C@@]12C3(C)C. The van der Waals surface area contributed by atoms with Crippen LogP contribution in [0, 0.1) is 21.7 Å². The fourth-order valence-corrected chi connectivity index (χ4v) is 10.1. The lowest BCUT2D eigenvalue weighted by Crippen LogP contribution is -2.65. The second kappa shape index (κ2) is 12.2. The van der Waals surface area contributed by atoms with E-state index in [1.165, 1.54) is 6.08 Å². The van der Waals surface area contributed by atoms with Crippen LogP contribution in [0.1, 0.15) is 92.9 Å². The molecule has 3 saturated carbocycles. The summed E-state index contributed by atoms with van der Waals surface area (Å²) in [6.07, 6.45) is 7.80. The number of amides is 5. The van der Waals surface area contributed by atoms with Gasteiger partial charge in [-0.1, -0.05) is 73.3 Å². The number of Topliss-reactive ketones (excluding diaryl/α,β-unsaturated/α-hetero) is 1. The van der Waals surface area contributed by atoms with Crippen molar-refractivity contribution in [2.24, 2.45) is 21.7 Å². The van der Waals surface area contributed by atoms with Gasteiger partial charge in [-0.3, -0.25) is 19.2 Å². The Labute approximate surface area is 273 Å². The molecule has 4 N–H and O–H groups in total. The van der Waals surface area contributed by atoms with Crippen molar-refractivity contribution in [3.8, 4) is 0 Å². The van der Waals surface area contributed by atoms with Crippen LogP contribution in [0.5, 0.6) is 0 Å². The maximum absolute atomic E-state index is 14.4. The van der Waals surface area contributed by atoms with Crippen LogP contribution in [-0.2, 0) is 29.0 Å². The summed E-state index contributed by atoms with van der Waals surface area (Å²) < 4.78 is 24.6. The molecule has 1 saturated heterocycles. The van der Waals surface area contributed by atoms with Gasteiger partial charge in [0.25, 0.3) is 5.91 Å². The number of carbonyl (C=O) groups excluding carboxylic acids is 5. The number of rotatable bonds is 13. The molecule has 5 amide bonds. The van der Waals surface area contributed by atoms with E-state index >= 15 is 0 Å². The van der Waals surface area contributed by atoms with Gasteiger partial charge < -0.3 is 26.2 Å². The molecular weight excluding hydrogens is 610 g/mol. The summed E-state index contributed by atoms with van der Waals surface area (Å²) in [5.74, 6) is -2.63. The second-order valence-corrected chi connectivity index (χ2v) is 17.9. The molecule has 4 fully saturated rings. The van der Waals surface area contributed by atoms with Gasteiger partial charge in [-0.15, -0.1) is 6.58 Å². The topological polar surface area (TPSA) is 171 Å². The van der Waals surface area contributed by atoms with E-state index in [1.54, 1.807) is 4.90 Å². The third-order valence-corrected chi connectivity index (χ3v) is 12.3. The summed E-state index contributed by atoms with van der Waals surface area (Å²) >= 11 is 0. The average Bonchev–Trinajstić information content (AvgIpc) is 3.67. The number of piperidine rings is 2. The van der Waals surface area contributed by atoms with Crippen molar-refractivity contribution < 1.29 is 32.4 Å². The lowest BCUT2D eigenvalue weighted by atomic mass is 9.79. The fourth-order valence-electron chi connectivity index (χ4n) is 8.75. The predicted molar refractivity (Wildman–Crippen MR) is 174 cm³/mol. The van der Waals surface area contributed by atoms with Gasteiger partial charge in [0.2, 0.25) is 17.6 Å². The first-order chi connectivity index (χ1) is 21.2. The van der Waals surface area contributed by atoms with E-state index < -0.39 is 73.9 Å². The summed E-state index contributed by atoms with van der Waals surface area (Å²) in [6, 6.07) is -3.56. The molecule has 0 aromatic carbocycles. The van der Waals surface area contributed by atoms with Gasteiger partial charge in [-0.2, -0.15) is 0 Å². The molecular formula is C33H53N5O7S. The van der Waals surface area contributed by atoms with Crippen LogP contribution in [0.3, 0.4) is 0 Å². The highest BCUT2D eigenvalue weighted by Crippen LogP contribution is 3.00. The zero-order chi connectivity index (χ0) is 34.5. The van der Waals surface area contributed by atoms with Crippen LogP contribution >= 0.6 is 0 Å². The Balaban J connectivity index is 1.57. The number of hydrogen-bond acceptors (Lipinski definition) is 7. The van der Waals surface area contributed by atoms with Gasteiger partial charge in [0.05, 0.1) is 17.3 Å². The van der Waals surface area contributed by atoms with Crippen LogP contribution in [-0.4, -0.2) is 91.6 Å². The van der Waals surface area contributed by atoms with Gasteiger partial charge in [0.1, 0.15) is 21.9 Å². The normalized spacial score (nSPS) is 28.4. The zero-order valence-corrected chi connectivity index (χ0v) is 29.3. The molecule has 3 aliphatic carbocycles. The number of carbonyl (C=O) groups is 5. The summed E-state index contributed by atoms with van der Waals surface area (Å²) in [6.45, 7) is 15.5. The van der Waals surface area contributed by atoms with Crippen molar-refractivity contribution in [2.45, 2.75) is 117 Å². The number of hydrogen-bond donors (Lipinski definition) is 4. The smallest absolute Gasteiger partial charge is 0.315 e. The number of nitrogens with one attached hydrogen (secondary N) is 4. The van der Waals surface area contributed by atoms with Crippen LogP contribution in [0.4, 0.5) is 4.79 Å². The van der Waals surface area contributed by atoms with Crippen LogP contribution in [0.2, 0.25) is 0 Å². The van der Waals surface area contributed by atoms with Crippen molar-refractivity contribution in [1.82, 2.24) is 26.2 Å². The van der Waals surface area contributed by atoms with Crippen molar-refractivity contribution in [1.29, 1.82) is 0 Å². The summed E-state index contributed by atoms with van der Waals surface area (Å²) in [4.78, 5) is 69.1. The molecule has 0 spiro atoms. The third-order valence-electron chi connectivity index (χ3n) is 11.3. The average molecular weight is 664 g/mol. The van der Waals surface area contributed by atoms with Gasteiger partial charge >= 0.3 is 6.03 Å². The Kier molecular flexibility index (Phi) is 9.55. The lowest BCUT2D eigenvalue weighted by molar-refractivity contribution is -0.148. The summed E-state index contributed by atoms with van der Waals surface area (Å²) in [5, 5.41) is 11.1. The van der Waals surface area contributed by atoms with E-state index in [0.717, 1.165) is 31.9 Å². The molecule has 0 aromatic heterocycles. The van der Waals surface area contributed by atoms with Gasteiger partial charge in [-0.05, 0) is 36.5 Å². The molecule has 1 aliphatic heterocycles. The maximum atomic E-state index is 14.4. The minimum Gasteiger partial charge on any atom is -0.346 e. The first kappa shape index (κ1) is 35.9. The molecule has 0 aromatic rings. The standard InChI is InChI=1S/C33H53N5O7S/c1-9-14-21(22(39)25(40)34-17-10-2)35-26(41)24-33-18-32(33,30(33,6)7)19-38(24)27(42)23(29(3,4)5)36-28(43)37-31(20-46(8,44)45)15-12-11-13-16-31/h10,21,23-24H,2,9,11-20H2,1,3-8H3,(H,34,40)(H,35,41)(H2,36,37,43)/t21?,23-,24?,32-,33+/m1/s1. The minimum atomic E-state index is -3.39. The first-order valence-electron chi connectivity index (χ1n) is 16.5. The first-order valence-corrected chi connectivity index (χ1v) is 18.6. The molecule has 46 heavy (non-hydrogen) atoms. The molecule has 13 heteroatoms. The van der Waals surface area contributed by atoms with Crippen LogP contribution in [0.15, 0.2) is 12.7 Å². The van der Waals surface area contributed by atoms with Crippen molar-refractivity contribution in [3.05, 3.63) is 12.7 Å². The van der Waals surface area contributed by atoms with E-state index in [2.05, 4.69) is 41.7 Å². The molecule has 4 rings (SSSR count). The number of urea groups is 1. The molecule has 1 heterocycles. The van der Waals surface area contributed by atoms with Crippen LogP contribution in [0.25, 0.3) is 0 Å². The molecule has 2 unspecified atom stereocenters. The van der Waals surface area contributed by atoms with Crippen molar-refractivity contribution in [2.75, 3.05) is 25.1 Å². The Morgan fingerprint density at radius 1 is 1.04 bits per heavy atom. The molecule has 5 atom stereocenters. The lowest BCUT2D eigenvalue weighted by Gasteiger charge is -2.43. The summed E-state index contributed by atoms with van der Waals surface area (Å²) in [7, 11) is -3.39. The van der Waals surface area contributed by atoms with E-state index in [1.807, 2.05) is 27.7 Å². The predicted octanol–water partition coefficient (Wildman–Crippen LogP) is 2.23. The van der Waals surface area contributed by atoms with E-state index in [-0.39, 0.29) is 29.5 Å². The minimum absolute atomic E-state index is 0.117. The molecule has 0 bridgehead atoms. The van der Waals surface area contributed by atoms with E-state index in [0.29, 0.717) is 25.8 Å². The Hall–Kier alpha value is -2.96. The summed E-state index contributed by atoms with van der Waals surface area (Å²) in [5.41, 5.74) is -2.53. The maximum Gasteiger partial charge on any atom is 0.315 e. The number of likely N-dealkylation sites (tertiary alicyclic amines) is 1. The molecule has 0 radical (unpaired) electrons. The molecule has 4 aliphatic rings. The zero-order valence-electron chi connectivity index (χ0n) is 28.5. The highest BCUT2D eigenvalue weighted by Gasteiger charge is 3.02. The van der Waals surface area contributed by atoms with Gasteiger partial charge in [0.15, 0.2) is 0 Å². The van der Waals surface area contributed by atoms with Crippen LogP contribution < -0.4 is 21.3 Å². The van der Waals surface area contributed by atoms with E-state index in [9.17, 15) is 32.4 Å². The fraction of sp³-hybridized carbons (Fsp3) is 0.788. The third kappa shape index (κ3) is 6.20. The van der Waals surface area contributed by atoms with Crippen molar-refractivity contribution in [3.63, 3.8) is 0 Å². The monoisotopic (exact) mass is 663 g/mol. The quantitative estimate of drug-likeness (QED) is 0.173. The largest absolute Gasteiger partial charge is 0.346 e. The number of nitrogens with zero attached hydrogens (tertiary/aromatic N) is 1.